The Bertz CT molecular complexity index is 204. The first kappa shape index (κ1) is 9.46. The van der Waals surface area contributed by atoms with Crippen LogP contribution < -0.4 is 5.32 Å². The molecule has 2 saturated heterocycles. The number of nitrogens with one attached hydrogen (secondary N) is 1. The standard InChI is InChI=1S/C8H16BNO3/c1-11-4-8-3-10-5(6(8)12-2)7(9)13-8/h5-7,10H,3-4,9H2,1-2H3/t5-,6?,7+,8-/m0/s1. The number of hydrogen-bond acceptors (Lipinski definition) is 4. The van der Waals surface area contributed by atoms with Gasteiger partial charge >= 0.3 is 0 Å². The Morgan fingerprint density at radius 2 is 2.38 bits per heavy atom. The molecule has 13 heavy (non-hydrogen) atoms. The molecule has 0 saturated carbocycles. The van der Waals surface area contributed by atoms with Gasteiger partial charge in [-0.2, -0.15) is 0 Å². The minimum atomic E-state index is -0.256. The first-order valence-corrected chi connectivity index (χ1v) is 4.66. The molecule has 0 spiro atoms. The van der Waals surface area contributed by atoms with E-state index in [1.54, 1.807) is 14.2 Å². The van der Waals surface area contributed by atoms with E-state index < -0.39 is 0 Å². The highest BCUT2D eigenvalue weighted by Crippen LogP contribution is 2.36. The summed E-state index contributed by atoms with van der Waals surface area (Å²) in [7, 11) is 5.50. The van der Waals surface area contributed by atoms with E-state index in [2.05, 4.69) is 13.2 Å². The van der Waals surface area contributed by atoms with Crippen LogP contribution in [0.1, 0.15) is 0 Å². The molecule has 2 aliphatic heterocycles. The number of methoxy groups -OCH3 is 2. The van der Waals surface area contributed by atoms with Crippen molar-refractivity contribution < 1.29 is 14.2 Å². The summed E-state index contributed by atoms with van der Waals surface area (Å²) in [4.78, 5) is 0. The van der Waals surface area contributed by atoms with Gasteiger partial charge in [0.15, 0.2) is 0 Å². The summed E-state index contributed by atoms with van der Waals surface area (Å²) in [5.41, 5.74) is -0.256. The Morgan fingerprint density at radius 3 is 2.92 bits per heavy atom. The van der Waals surface area contributed by atoms with Gasteiger partial charge in [-0.1, -0.05) is 0 Å². The molecule has 5 heteroatoms. The van der Waals surface area contributed by atoms with Crippen molar-refractivity contribution in [3.05, 3.63) is 0 Å². The largest absolute Gasteiger partial charge is 0.382 e. The lowest BCUT2D eigenvalue weighted by molar-refractivity contribution is -0.107. The van der Waals surface area contributed by atoms with Gasteiger partial charge in [-0.05, 0) is 0 Å². The zero-order valence-electron chi connectivity index (χ0n) is 8.37. The Kier molecular flexibility index (Phi) is 2.36. The molecule has 1 unspecified atom stereocenters. The molecule has 2 bridgehead atoms. The summed E-state index contributed by atoms with van der Waals surface area (Å²) in [6.07, 6.45) is 0.127. The van der Waals surface area contributed by atoms with Crippen LogP contribution in [0.4, 0.5) is 0 Å². The van der Waals surface area contributed by atoms with E-state index in [0.29, 0.717) is 12.6 Å². The predicted molar refractivity (Wildman–Crippen MR) is 50.6 cm³/mol. The second-order valence-corrected chi connectivity index (χ2v) is 3.88. The third-order valence-electron chi connectivity index (χ3n) is 3.05. The summed E-state index contributed by atoms with van der Waals surface area (Å²) >= 11 is 0. The molecule has 0 aromatic rings. The molecule has 4 atom stereocenters. The molecule has 0 aromatic carbocycles. The van der Waals surface area contributed by atoms with E-state index in [1.807, 2.05) is 0 Å². The van der Waals surface area contributed by atoms with Gasteiger partial charge in [0.2, 0.25) is 0 Å². The maximum atomic E-state index is 5.88. The molecule has 1 N–H and O–H groups in total. The van der Waals surface area contributed by atoms with Crippen molar-refractivity contribution >= 4 is 7.85 Å². The molecule has 0 amide bonds. The zero-order chi connectivity index (χ0) is 9.47. The van der Waals surface area contributed by atoms with Crippen LogP contribution in [0.15, 0.2) is 0 Å². The number of hydrogen-bond donors (Lipinski definition) is 1. The van der Waals surface area contributed by atoms with Gasteiger partial charge in [-0.3, -0.25) is 0 Å². The molecule has 74 valence electrons. The van der Waals surface area contributed by atoms with E-state index in [4.69, 9.17) is 14.2 Å². The molecule has 2 aliphatic rings. The summed E-state index contributed by atoms with van der Waals surface area (Å²) in [6.45, 7) is 1.42. The smallest absolute Gasteiger partial charge is 0.141 e. The maximum absolute atomic E-state index is 5.88. The van der Waals surface area contributed by atoms with Gasteiger partial charge in [0.05, 0.1) is 12.6 Å². The monoisotopic (exact) mass is 185 g/mol. The molecule has 0 aromatic heterocycles. The first-order chi connectivity index (χ1) is 6.23. The molecule has 2 rings (SSSR count). The van der Waals surface area contributed by atoms with Crippen LogP contribution in [0.25, 0.3) is 0 Å². The van der Waals surface area contributed by atoms with Crippen molar-refractivity contribution in [1.29, 1.82) is 0 Å². The average molecular weight is 185 g/mol. The van der Waals surface area contributed by atoms with Crippen molar-refractivity contribution in [3.63, 3.8) is 0 Å². The van der Waals surface area contributed by atoms with E-state index in [0.717, 1.165) is 6.54 Å². The number of fused-ring (bicyclic) bond motifs is 2. The molecule has 2 fully saturated rings. The highest BCUT2D eigenvalue weighted by atomic mass is 16.6. The van der Waals surface area contributed by atoms with Crippen molar-refractivity contribution in [2.45, 2.75) is 23.8 Å². The van der Waals surface area contributed by atoms with E-state index in [9.17, 15) is 0 Å². The average Bonchev–Trinajstić information content (AvgIpc) is 2.55. The maximum Gasteiger partial charge on any atom is 0.141 e. The Morgan fingerprint density at radius 1 is 1.62 bits per heavy atom. The second-order valence-electron chi connectivity index (χ2n) is 3.88. The summed E-state index contributed by atoms with van der Waals surface area (Å²) < 4.78 is 16.5. The van der Waals surface area contributed by atoms with Gasteiger partial charge < -0.3 is 19.5 Å². The quantitative estimate of drug-likeness (QED) is 0.534. The molecule has 0 radical (unpaired) electrons. The molecule has 0 aliphatic carbocycles. The first-order valence-electron chi connectivity index (χ1n) is 4.66. The van der Waals surface area contributed by atoms with Crippen LogP contribution in [0.5, 0.6) is 0 Å². The van der Waals surface area contributed by atoms with Crippen LogP contribution in [0, 0.1) is 0 Å². The highest BCUT2D eigenvalue weighted by Gasteiger charge is 2.58. The number of morpholine rings is 1. The Labute approximate surface area is 79.3 Å². The summed E-state index contributed by atoms with van der Waals surface area (Å²) in [5, 5.41) is 3.40. The number of rotatable bonds is 3. The SMILES string of the molecule is B[C@@H]1O[C@]2(COC)CN[C@H]1C2OC. The van der Waals surface area contributed by atoms with Crippen molar-refractivity contribution in [2.75, 3.05) is 27.4 Å². The molecular weight excluding hydrogens is 169 g/mol. The van der Waals surface area contributed by atoms with Crippen molar-refractivity contribution in [1.82, 2.24) is 5.32 Å². The highest BCUT2D eigenvalue weighted by molar-refractivity contribution is 6.12. The van der Waals surface area contributed by atoms with Crippen LogP contribution >= 0.6 is 0 Å². The fourth-order valence-corrected chi connectivity index (χ4v) is 2.56. The minimum absolute atomic E-state index is 0.127. The zero-order valence-corrected chi connectivity index (χ0v) is 8.37. The van der Waals surface area contributed by atoms with Crippen molar-refractivity contribution in [3.8, 4) is 0 Å². The van der Waals surface area contributed by atoms with E-state index in [-0.39, 0.29) is 17.7 Å². The van der Waals surface area contributed by atoms with Crippen LogP contribution in [0.3, 0.4) is 0 Å². The van der Waals surface area contributed by atoms with Crippen LogP contribution in [-0.2, 0) is 14.2 Å². The summed E-state index contributed by atoms with van der Waals surface area (Å²) in [5.74, 6) is 0. The molecular formula is C8H16BNO3. The van der Waals surface area contributed by atoms with Crippen molar-refractivity contribution in [2.24, 2.45) is 0 Å². The van der Waals surface area contributed by atoms with Gasteiger partial charge in [0, 0.05) is 26.8 Å². The second kappa shape index (κ2) is 3.24. The topological polar surface area (TPSA) is 39.7 Å². The lowest BCUT2D eigenvalue weighted by atomic mass is 9.91. The van der Waals surface area contributed by atoms with Gasteiger partial charge in [0.25, 0.3) is 0 Å². The third kappa shape index (κ3) is 1.22. The molecule has 2 heterocycles. The lowest BCUT2D eigenvalue weighted by Crippen LogP contribution is -2.48. The predicted octanol–water partition coefficient (Wildman–Crippen LogP) is -1.65. The van der Waals surface area contributed by atoms with Crippen LogP contribution in [0.2, 0.25) is 0 Å². The Hall–Kier alpha value is -0.0951. The van der Waals surface area contributed by atoms with E-state index in [1.165, 1.54) is 0 Å². The Balaban J connectivity index is 2.17. The van der Waals surface area contributed by atoms with Gasteiger partial charge in [-0.25, -0.2) is 0 Å². The third-order valence-corrected chi connectivity index (χ3v) is 3.05. The minimum Gasteiger partial charge on any atom is -0.382 e. The molecule has 4 nitrogen and oxygen atoms in total. The summed E-state index contributed by atoms with van der Waals surface area (Å²) in [6, 6.07) is 0.536. The van der Waals surface area contributed by atoms with Crippen LogP contribution in [-0.4, -0.2) is 59.0 Å². The normalized spacial score (nSPS) is 48.6. The van der Waals surface area contributed by atoms with Gasteiger partial charge in [0.1, 0.15) is 19.6 Å². The van der Waals surface area contributed by atoms with Gasteiger partial charge in [-0.15, -0.1) is 0 Å². The fourth-order valence-electron chi connectivity index (χ4n) is 2.56. The lowest BCUT2D eigenvalue weighted by Gasteiger charge is -2.30. The number of ether oxygens (including phenoxy) is 3. The van der Waals surface area contributed by atoms with E-state index >= 15 is 0 Å². The fraction of sp³-hybridized carbons (Fsp3) is 1.00.